The van der Waals surface area contributed by atoms with Crippen LogP contribution < -0.4 is 10.0 Å². The van der Waals surface area contributed by atoms with Gasteiger partial charge in [-0.2, -0.15) is 10.2 Å². The van der Waals surface area contributed by atoms with Gasteiger partial charge in [0.1, 0.15) is 4.90 Å². The maximum atomic E-state index is 12.4. The van der Waals surface area contributed by atoms with Crippen molar-refractivity contribution in [2.24, 2.45) is 7.05 Å². The minimum absolute atomic E-state index is 0.224. The molecule has 0 amide bonds. The van der Waals surface area contributed by atoms with E-state index in [1.54, 1.807) is 24.9 Å². The van der Waals surface area contributed by atoms with Gasteiger partial charge in [-0.3, -0.25) is 9.78 Å². The average Bonchev–Trinajstić information content (AvgIpc) is 2.97. The molecule has 0 atom stereocenters. The van der Waals surface area contributed by atoms with Gasteiger partial charge in [0.15, 0.2) is 0 Å². The van der Waals surface area contributed by atoms with Crippen LogP contribution in [0.3, 0.4) is 0 Å². The summed E-state index contributed by atoms with van der Waals surface area (Å²) in [4.78, 5) is 0.224. The number of sulfonamides is 1. The highest BCUT2D eigenvalue weighted by Crippen LogP contribution is 2.17. The van der Waals surface area contributed by atoms with Crippen LogP contribution in [0.25, 0.3) is 0 Å². The number of aromatic nitrogens is 4. The van der Waals surface area contributed by atoms with Crippen LogP contribution in [0, 0.1) is 6.92 Å². The molecule has 0 aliphatic carbocycles. The van der Waals surface area contributed by atoms with E-state index in [2.05, 4.69) is 25.3 Å². The quantitative estimate of drug-likeness (QED) is 0.650. The number of hydrogen-bond donors (Lipinski definition) is 3. The van der Waals surface area contributed by atoms with E-state index < -0.39 is 10.0 Å². The van der Waals surface area contributed by atoms with Gasteiger partial charge < -0.3 is 5.32 Å². The highest BCUT2D eigenvalue weighted by molar-refractivity contribution is 7.89. The van der Waals surface area contributed by atoms with E-state index in [0.29, 0.717) is 30.9 Å². The molecule has 21 heavy (non-hydrogen) atoms. The molecule has 8 nitrogen and oxygen atoms in total. The van der Waals surface area contributed by atoms with E-state index in [9.17, 15) is 8.42 Å². The Kier molecular flexibility index (Phi) is 4.76. The third kappa shape index (κ3) is 3.49. The first kappa shape index (κ1) is 15.7. The molecule has 9 heteroatoms. The number of aromatic amines is 1. The first-order valence-electron chi connectivity index (χ1n) is 6.60. The molecule has 0 saturated heterocycles. The van der Waals surface area contributed by atoms with Gasteiger partial charge in [0.25, 0.3) is 0 Å². The van der Waals surface area contributed by atoms with E-state index in [1.807, 2.05) is 13.1 Å². The van der Waals surface area contributed by atoms with Crippen molar-refractivity contribution in [2.75, 3.05) is 13.6 Å². The van der Waals surface area contributed by atoms with Crippen LogP contribution in [0.2, 0.25) is 0 Å². The summed E-state index contributed by atoms with van der Waals surface area (Å²) in [7, 11) is -0.00523. The Morgan fingerprint density at radius 2 is 2.19 bits per heavy atom. The Labute approximate surface area is 124 Å². The van der Waals surface area contributed by atoms with Gasteiger partial charge in [-0.1, -0.05) is 0 Å². The summed E-state index contributed by atoms with van der Waals surface area (Å²) in [6, 6.07) is 1.86. The topological polar surface area (TPSA) is 105 Å². The van der Waals surface area contributed by atoms with Gasteiger partial charge in [-0.15, -0.1) is 0 Å². The van der Waals surface area contributed by atoms with E-state index >= 15 is 0 Å². The van der Waals surface area contributed by atoms with E-state index in [4.69, 9.17) is 0 Å². The van der Waals surface area contributed by atoms with E-state index in [0.717, 1.165) is 5.69 Å². The summed E-state index contributed by atoms with van der Waals surface area (Å²) < 4.78 is 29.1. The minimum atomic E-state index is -3.58. The number of nitrogens with zero attached hydrogens (tertiary/aromatic N) is 3. The van der Waals surface area contributed by atoms with Gasteiger partial charge >= 0.3 is 0 Å². The molecule has 0 radical (unpaired) electrons. The third-order valence-electron chi connectivity index (χ3n) is 3.17. The first-order chi connectivity index (χ1) is 9.95. The highest BCUT2D eigenvalue weighted by Gasteiger charge is 2.23. The van der Waals surface area contributed by atoms with E-state index in [-0.39, 0.29) is 4.90 Å². The first-order valence-corrected chi connectivity index (χ1v) is 8.09. The maximum absolute atomic E-state index is 12.4. The van der Waals surface area contributed by atoms with Crippen molar-refractivity contribution in [1.82, 2.24) is 30.0 Å². The van der Waals surface area contributed by atoms with Gasteiger partial charge in [0, 0.05) is 38.4 Å². The second-order valence-corrected chi connectivity index (χ2v) is 6.45. The summed E-state index contributed by atoms with van der Waals surface area (Å²) in [6.45, 7) is 2.40. The predicted octanol–water partition coefficient (Wildman–Crippen LogP) is -0.308. The van der Waals surface area contributed by atoms with Crippen molar-refractivity contribution >= 4 is 10.0 Å². The van der Waals surface area contributed by atoms with Crippen LogP contribution in [-0.4, -0.2) is 42.0 Å². The monoisotopic (exact) mass is 312 g/mol. The van der Waals surface area contributed by atoms with Crippen molar-refractivity contribution < 1.29 is 8.42 Å². The molecule has 116 valence electrons. The van der Waals surface area contributed by atoms with Crippen LogP contribution in [0.1, 0.15) is 17.1 Å². The Hall–Kier alpha value is -1.71. The third-order valence-corrected chi connectivity index (χ3v) is 4.83. The normalized spacial score (nSPS) is 12.0. The zero-order chi connectivity index (χ0) is 15.5. The van der Waals surface area contributed by atoms with Crippen molar-refractivity contribution in [3.63, 3.8) is 0 Å². The number of H-pyrrole nitrogens is 1. The molecule has 2 heterocycles. The molecular weight excluding hydrogens is 292 g/mol. The SMILES string of the molecule is CNCc1n[nH]c(C)c1S(=O)(=O)NCCc1ccnn1C. The van der Waals surface area contributed by atoms with Crippen LogP contribution >= 0.6 is 0 Å². The lowest BCUT2D eigenvalue weighted by Crippen LogP contribution is -2.28. The number of aryl methyl sites for hydroxylation is 2. The Morgan fingerprint density at radius 1 is 1.43 bits per heavy atom. The van der Waals surface area contributed by atoms with Crippen LogP contribution in [-0.2, 0) is 30.0 Å². The van der Waals surface area contributed by atoms with E-state index in [1.165, 1.54) is 0 Å². The molecule has 0 bridgehead atoms. The molecule has 0 aliphatic rings. The fraction of sp³-hybridized carbons (Fsp3) is 0.500. The lowest BCUT2D eigenvalue weighted by atomic mass is 10.3. The fourth-order valence-electron chi connectivity index (χ4n) is 2.15. The summed E-state index contributed by atoms with van der Waals surface area (Å²) in [6.07, 6.45) is 2.27. The van der Waals surface area contributed by atoms with Crippen LogP contribution in [0.15, 0.2) is 17.2 Å². The van der Waals surface area contributed by atoms with Crippen molar-refractivity contribution in [2.45, 2.75) is 24.8 Å². The largest absolute Gasteiger partial charge is 0.314 e. The fourth-order valence-corrected chi connectivity index (χ4v) is 3.54. The van der Waals surface area contributed by atoms with Crippen LogP contribution in [0.5, 0.6) is 0 Å². The number of hydrogen-bond acceptors (Lipinski definition) is 5. The Morgan fingerprint density at radius 3 is 2.81 bits per heavy atom. The van der Waals surface area contributed by atoms with Crippen molar-refractivity contribution in [3.8, 4) is 0 Å². The van der Waals surface area contributed by atoms with Gasteiger partial charge in [0.2, 0.25) is 10.0 Å². The molecule has 0 fully saturated rings. The lowest BCUT2D eigenvalue weighted by molar-refractivity contribution is 0.577. The molecule has 3 N–H and O–H groups in total. The number of nitrogens with one attached hydrogen (secondary N) is 3. The standard InChI is InChI=1S/C12H20N6O2S/c1-9-12(11(8-13-2)17-16-9)21(19,20)15-7-5-10-4-6-14-18(10)3/h4,6,13,15H,5,7-8H2,1-3H3,(H,16,17). The van der Waals surface area contributed by atoms with Crippen molar-refractivity contribution in [3.05, 3.63) is 29.3 Å². The maximum Gasteiger partial charge on any atom is 0.244 e. The van der Waals surface area contributed by atoms with Crippen LogP contribution in [0.4, 0.5) is 0 Å². The summed E-state index contributed by atoms with van der Waals surface area (Å²) in [5.41, 5.74) is 1.99. The summed E-state index contributed by atoms with van der Waals surface area (Å²) in [5.74, 6) is 0. The molecular formula is C12H20N6O2S. The summed E-state index contributed by atoms with van der Waals surface area (Å²) >= 11 is 0. The molecule has 0 spiro atoms. The average molecular weight is 312 g/mol. The molecule has 0 unspecified atom stereocenters. The number of rotatable bonds is 7. The van der Waals surface area contributed by atoms with Crippen molar-refractivity contribution in [1.29, 1.82) is 0 Å². The van der Waals surface area contributed by atoms with Gasteiger partial charge in [0.05, 0.1) is 11.4 Å². The summed E-state index contributed by atoms with van der Waals surface area (Å²) in [5, 5.41) is 13.7. The molecule has 0 saturated carbocycles. The zero-order valence-corrected chi connectivity index (χ0v) is 13.2. The smallest absolute Gasteiger partial charge is 0.244 e. The Bertz CT molecular complexity index is 703. The molecule has 2 rings (SSSR count). The van der Waals surface area contributed by atoms with Gasteiger partial charge in [-0.05, 0) is 20.0 Å². The highest BCUT2D eigenvalue weighted by atomic mass is 32.2. The molecule has 0 aliphatic heterocycles. The molecule has 2 aromatic rings. The second kappa shape index (κ2) is 6.37. The molecule has 0 aromatic carbocycles. The lowest BCUT2D eigenvalue weighted by Gasteiger charge is -2.08. The van der Waals surface area contributed by atoms with Gasteiger partial charge in [-0.25, -0.2) is 13.1 Å². The predicted molar refractivity (Wildman–Crippen MR) is 78.2 cm³/mol. The zero-order valence-electron chi connectivity index (χ0n) is 12.3. The Balaban J connectivity index is 2.08. The minimum Gasteiger partial charge on any atom is -0.314 e. The second-order valence-electron chi connectivity index (χ2n) is 4.75. The molecule has 2 aromatic heterocycles.